The minimum Gasteiger partial charge on any atom is -0.462 e. The Balaban J connectivity index is 4.18. The van der Waals surface area contributed by atoms with Gasteiger partial charge in [0.15, 0.2) is 6.10 Å². The van der Waals surface area contributed by atoms with E-state index in [1.165, 1.54) is 32.1 Å². The van der Waals surface area contributed by atoms with Crippen molar-refractivity contribution in [2.75, 3.05) is 26.4 Å². The first-order valence-electron chi connectivity index (χ1n) is 22.4. The van der Waals surface area contributed by atoms with E-state index in [9.17, 15) is 19.0 Å². The molecule has 0 heterocycles. The molecule has 0 saturated heterocycles. The van der Waals surface area contributed by atoms with Crippen molar-refractivity contribution in [1.29, 1.82) is 0 Å². The molecule has 0 aliphatic heterocycles. The fourth-order valence-electron chi connectivity index (χ4n) is 5.44. The van der Waals surface area contributed by atoms with Gasteiger partial charge >= 0.3 is 19.8 Å². The minimum atomic E-state index is -4.40. The molecule has 0 spiro atoms. The zero-order valence-corrected chi connectivity index (χ0v) is 37.6. The second kappa shape index (κ2) is 44.2. The van der Waals surface area contributed by atoms with Gasteiger partial charge in [-0.15, -0.1) is 0 Å². The van der Waals surface area contributed by atoms with Gasteiger partial charge in [0.25, 0.3) is 0 Å². The molecule has 0 saturated carbocycles. The summed E-state index contributed by atoms with van der Waals surface area (Å²) in [4.78, 5) is 34.8. The number of rotatable bonds is 40. The van der Waals surface area contributed by atoms with Gasteiger partial charge in [0.2, 0.25) is 0 Å². The summed E-state index contributed by atoms with van der Waals surface area (Å²) in [6.45, 7) is 3.38. The molecule has 0 bridgehead atoms. The number of hydrogen-bond acceptors (Lipinski definition) is 8. The summed E-state index contributed by atoms with van der Waals surface area (Å²) >= 11 is 0. The normalized spacial score (nSPS) is 14.3. The predicted octanol–water partition coefficient (Wildman–Crippen LogP) is 13.2. The van der Waals surface area contributed by atoms with Gasteiger partial charge in [-0.05, 0) is 83.5 Å². The van der Waals surface area contributed by atoms with Gasteiger partial charge in [-0.25, -0.2) is 4.57 Å². The number of unbranched alkanes of at least 4 members (excludes halogenated alkanes) is 9. The van der Waals surface area contributed by atoms with Crippen LogP contribution >= 0.6 is 7.82 Å². The number of carbonyl (C=O) groups is 2. The monoisotopic (exact) mass is 842 g/mol. The molecule has 3 N–H and O–H groups in total. The van der Waals surface area contributed by atoms with Gasteiger partial charge in [-0.3, -0.25) is 18.6 Å². The maximum atomic E-state index is 12.6. The number of esters is 2. The fourth-order valence-corrected chi connectivity index (χ4v) is 6.20. The van der Waals surface area contributed by atoms with Crippen molar-refractivity contribution in [3.8, 4) is 0 Å². The van der Waals surface area contributed by atoms with E-state index in [1.54, 1.807) is 0 Å². The SMILES string of the molecule is CC/C=C\C/C=C\C/C=C\C/C=C\C/C=C\CCCCCCCCCCCC(=O)OC(COC(=O)CC/C=C\C/C=C\C/C=C\C/C=C\CC)COP(=O)(O)OCCN. The van der Waals surface area contributed by atoms with E-state index in [2.05, 4.69) is 111 Å². The maximum Gasteiger partial charge on any atom is 0.472 e. The van der Waals surface area contributed by atoms with Crippen molar-refractivity contribution in [2.24, 2.45) is 5.73 Å². The van der Waals surface area contributed by atoms with Crippen LogP contribution in [0, 0.1) is 0 Å². The third-order valence-electron chi connectivity index (χ3n) is 8.67. The Morgan fingerprint density at radius 2 is 0.915 bits per heavy atom. The lowest BCUT2D eigenvalue weighted by Gasteiger charge is -2.19. The zero-order valence-electron chi connectivity index (χ0n) is 36.7. The van der Waals surface area contributed by atoms with Crippen LogP contribution in [-0.2, 0) is 32.7 Å². The average Bonchev–Trinajstić information content (AvgIpc) is 3.22. The van der Waals surface area contributed by atoms with Crippen LogP contribution in [0.1, 0.15) is 155 Å². The average molecular weight is 842 g/mol. The molecule has 59 heavy (non-hydrogen) atoms. The van der Waals surface area contributed by atoms with E-state index in [-0.39, 0.29) is 32.6 Å². The Hall–Kier alpha value is -3.33. The Bertz CT molecular complexity index is 1330. The minimum absolute atomic E-state index is 0.0373. The maximum absolute atomic E-state index is 12.6. The standard InChI is InChI=1S/C49H80NO8P/c1-3-5-7-9-11-13-15-17-18-19-20-21-22-23-24-25-26-27-28-30-32-34-36-38-40-42-49(52)58-47(46-57-59(53,54)56-44-43-50)45-55-48(51)41-39-37-35-33-31-29-16-14-12-10-8-6-4-2/h5-8,11-14,17-18,20-21,23-24,29,31,35,37,47H,3-4,9-10,15-16,19,22,25-28,30,32-34,36,38-46,50H2,1-2H3,(H,53,54)/b7-5-,8-6-,13-11-,14-12-,18-17-,21-20-,24-23-,31-29-,37-35-. The molecule has 0 amide bonds. The topological polar surface area (TPSA) is 134 Å². The van der Waals surface area contributed by atoms with Crippen LogP contribution < -0.4 is 5.73 Å². The molecular formula is C49H80NO8P. The summed E-state index contributed by atoms with van der Waals surface area (Å²) in [5, 5.41) is 0. The van der Waals surface area contributed by atoms with Crippen LogP contribution in [0.5, 0.6) is 0 Å². The van der Waals surface area contributed by atoms with E-state index < -0.39 is 32.5 Å². The molecule has 2 atom stereocenters. The lowest BCUT2D eigenvalue weighted by molar-refractivity contribution is -0.161. The third-order valence-corrected chi connectivity index (χ3v) is 9.65. The lowest BCUT2D eigenvalue weighted by Crippen LogP contribution is -2.29. The summed E-state index contributed by atoms with van der Waals surface area (Å²) in [6.07, 6.45) is 58.6. The molecule has 0 aromatic carbocycles. The van der Waals surface area contributed by atoms with Crippen LogP contribution in [-0.4, -0.2) is 49.3 Å². The number of phosphoric acid groups is 1. The molecule has 0 rings (SSSR count). The number of allylic oxidation sites excluding steroid dienone is 18. The first-order valence-corrected chi connectivity index (χ1v) is 23.9. The van der Waals surface area contributed by atoms with E-state index in [1.807, 2.05) is 12.2 Å². The second-order valence-electron chi connectivity index (χ2n) is 14.1. The highest BCUT2D eigenvalue weighted by molar-refractivity contribution is 7.47. The molecule has 0 fully saturated rings. The van der Waals surface area contributed by atoms with Crippen LogP contribution in [0.2, 0.25) is 0 Å². The first kappa shape index (κ1) is 55.7. The Morgan fingerprint density at radius 3 is 1.37 bits per heavy atom. The number of carbonyl (C=O) groups excluding carboxylic acids is 2. The van der Waals surface area contributed by atoms with Crippen LogP contribution in [0.15, 0.2) is 109 Å². The number of nitrogens with two attached hydrogens (primary N) is 1. The van der Waals surface area contributed by atoms with E-state index >= 15 is 0 Å². The second-order valence-corrected chi connectivity index (χ2v) is 15.6. The summed E-state index contributed by atoms with van der Waals surface area (Å²) < 4.78 is 32.7. The molecule has 10 heteroatoms. The molecule has 0 aromatic heterocycles. The number of phosphoric ester groups is 1. The zero-order chi connectivity index (χ0) is 43.2. The summed E-state index contributed by atoms with van der Waals surface area (Å²) in [5.74, 6) is -0.942. The molecule has 0 radical (unpaired) electrons. The number of ether oxygens (including phenoxy) is 2. The van der Waals surface area contributed by atoms with E-state index in [0.717, 1.165) is 83.5 Å². The van der Waals surface area contributed by atoms with Gasteiger partial charge in [0.1, 0.15) is 6.61 Å². The van der Waals surface area contributed by atoms with Crippen molar-refractivity contribution in [2.45, 2.75) is 161 Å². The van der Waals surface area contributed by atoms with E-state index in [0.29, 0.717) is 12.8 Å². The van der Waals surface area contributed by atoms with E-state index in [4.69, 9.17) is 24.3 Å². The van der Waals surface area contributed by atoms with Gasteiger partial charge in [0.05, 0.1) is 13.2 Å². The van der Waals surface area contributed by atoms with Gasteiger partial charge < -0.3 is 20.1 Å². The molecule has 0 aliphatic carbocycles. The summed E-state index contributed by atoms with van der Waals surface area (Å²) in [5.41, 5.74) is 5.34. The Labute approximate surface area is 359 Å². The van der Waals surface area contributed by atoms with Crippen molar-refractivity contribution in [1.82, 2.24) is 0 Å². The predicted molar refractivity (Wildman–Crippen MR) is 247 cm³/mol. The Morgan fingerprint density at radius 1 is 0.508 bits per heavy atom. The molecule has 334 valence electrons. The summed E-state index contributed by atoms with van der Waals surface area (Å²) in [6, 6.07) is 0. The third kappa shape index (κ3) is 44.1. The van der Waals surface area contributed by atoms with Crippen molar-refractivity contribution < 1.29 is 37.6 Å². The molecule has 0 aliphatic rings. The Kier molecular flexibility index (Phi) is 41.7. The highest BCUT2D eigenvalue weighted by atomic mass is 31.2. The van der Waals surface area contributed by atoms with Gasteiger partial charge in [-0.1, -0.05) is 168 Å². The van der Waals surface area contributed by atoms with Crippen LogP contribution in [0.4, 0.5) is 0 Å². The first-order chi connectivity index (χ1) is 28.8. The number of hydrogen-bond donors (Lipinski definition) is 2. The molecule has 2 unspecified atom stereocenters. The van der Waals surface area contributed by atoms with Crippen molar-refractivity contribution in [3.63, 3.8) is 0 Å². The lowest BCUT2D eigenvalue weighted by atomic mass is 10.1. The van der Waals surface area contributed by atoms with Crippen molar-refractivity contribution in [3.05, 3.63) is 109 Å². The van der Waals surface area contributed by atoms with Crippen LogP contribution in [0.25, 0.3) is 0 Å². The largest absolute Gasteiger partial charge is 0.472 e. The fraction of sp³-hybridized carbons (Fsp3) is 0.592. The van der Waals surface area contributed by atoms with Crippen LogP contribution in [0.3, 0.4) is 0 Å². The molecule has 0 aromatic rings. The summed E-state index contributed by atoms with van der Waals surface area (Å²) in [7, 11) is -4.40. The molecular weight excluding hydrogens is 762 g/mol. The molecule has 9 nitrogen and oxygen atoms in total. The van der Waals surface area contributed by atoms with Gasteiger partial charge in [-0.2, -0.15) is 0 Å². The smallest absolute Gasteiger partial charge is 0.462 e. The quantitative estimate of drug-likeness (QED) is 0.0267. The van der Waals surface area contributed by atoms with Gasteiger partial charge in [0, 0.05) is 19.4 Å². The highest BCUT2D eigenvalue weighted by Crippen LogP contribution is 2.43. The van der Waals surface area contributed by atoms with Crippen molar-refractivity contribution >= 4 is 19.8 Å². The highest BCUT2D eigenvalue weighted by Gasteiger charge is 2.25.